The highest BCUT2D eigenvalue weighted by atomic mass is 127. The first-order valence-electron chi connectivity index (χ1n) is 8.54. The fourth-order valence-corrected chi connectivity index (χ4v) is 3.42. The molecule has 24 heavy (non-hydrogen) atoms. The van der Waals surface area contributed by atoms with Crippen LogP contribution in [-0.2, 0) is 4.79 Å². The van der Waals surface area contributed by atoms with Crippen molar-refractivity contribution in [3.05, 3.63) is 22.4 Å². The molecule has 0 radical (unpaired) electrons. The number of nitrogens with zero attached hydrogens (tertiary/aromatic N) is 2. The molecule has 1 aliphatic heterocycles. The van der Waals surface area contributed by atoms with Gasteiger partial charge in [0.1, 0.15) is 0 Å². The molecule has 2 rings (SSSR count). The van der Waals surface area contributed by atoms with E-state index in [4.69, 9.17) is 0 Å². The van der Waals surface area contributed by atoms with Crippen molar-refractivity contribution >= 4 is 47.2 Å². The van der Waals surface area contributed by atoms with Crippen LogP contribution in [0.15, 0.2) is 22.5 Å². The SMILES string of the molecule is CCNC(=NCC(C)c1cccs1)NCCC(=O)N1CCCC1.I. The number of thiophene rings is 1. The number of aliphatic imine (C=N–C) groups is 1. The quantitative estimate of drug-likeness (QED) is 0.371. The van der Waals surface area contributed by atoms with Crippen LogP contribution in [0.3, 0.4) is 0 Å². The van der Waals surface area contributed by atoms with Crippen LogP contribution in [0.2, 0.25) is 0 Å². The number of halogens is 1. The van der Waals surface area contributed by atoms with E-state index in [1.165, 1.54) is 4.88 Å². The van der Waals surface area contributed by atoms with Crippen molar-refractivity contribution in [3.63, 3.8) is 0 Å². The molecule has 2 N–H and O–H groups in total. The van der Waals surface area contributed by atoms with Gasteiger partial charge in [0.25, 0.3) is 0 Å². The monoisotopic (exact) mass is 464 g/mol. The first-order chi connectivity index (χ1) is 11.2. The Bertz CT molecular complexity index is 501. The second kappa shape index (κ2) is 11.7. The van der Waals surface area contributed by atoms with E-state index in [9.17, 15) is 4.79 Å². The molecule has 1 unspecified atom stereocenters. The number of nitrogens with one attached hydrogen (secondary N) is 2. The summed E-state index contributed by atoms with van der Waals surface area (Å²) in [6.07, 6.45) is 2.82. The lowest BCUT2D eigenvalue weighted by Gasteiger charge is -2.16. The zero-order chi connectivity index (χ0) is 16.5. The third-order valence-electron chi connectivity index (χ3n) is 3.99. The van der Waals surface area contributed by atoms with Gasteiger partial charge in [0.2, 0.25) is 5.91 Å². The van der Waals surface area contributed by atoms with Gasteiger partial charge in [-0.1, -0.05) is 13.0 Å². The predicted molar refractivity (Wildman–Crippen MR) is 113 cm³/mol. The lowest BCUT2D eigenvalue weighted by Crippen LogP contribution is -2.40. The fourth-order valence-electron chi connectivity index (χ4n) is 2.64. The average molecular weight is 464 g/mol. The van der Waals surface area contributed by atoms with Crippen molar-refractivity contribution in [2.24, 2.45) is 4.99 Å². The van der Waals surface area contributed by atoms with Gasteiger partial charge in [0.05, 0.1) is 6.54 Å². The van der Waals surface area contributed by atoms with Gasteiger partial charge in [0.15, 0.2) is 5.96 Å². The average Bonchev–Trinajstić information content (AvgIpc) is 3.24. The number of guanidine groups is 1. The Morgan fingerprint density at radius 3 is 2.75 bits per heavy atom. The second-order valence-electron chi connectivity index (χ2n) is 5.90. The van der Waals surface area contributed by atoms with Crippen molar-refractivity contribution in [1.82, 2.24) is 15.5 Å². The van der Waals surface area contributed by atoms with Crippen molar-refractivity contribution in [3.8, 4) is 0 Å². The molecule has 1 aromatic rings. The number of carbonyl (C=O) groups excluding carboxylic acids is 1. The van der Waals surface area contributed by atoms with Gasteiger partial charge < -0.3 is 15.5 Å². The number of amides is 1. The molecule has 1 fully saturated rings. The van der Waals surface area contributed by atoms with E-state index in [2.05, 4.69) is 47.0 Å². The summed E-state index contributed by atoms with van der Waals surface area (Å²) < 4.78 is 0. The molecule has 1 aromatic heterocycles. The largest absolute Gasteiger partial charge is 0.357 e. The third-order valence-corrected chi connectivity index (χ3v) is 5.09. The highest BCUT2D eigenvalue weighted by Crippen LogP contribution is 2.20. The molecule has 0 aliphatic carbocycles. The molecule has 136 valence electrons. The maximum atomic E-state index is 12.0. The molecule has 7 heteroatoms. The Hall–Kier alpha value is -0.830. The fraction of sp³-hybridized carbons (Fsp3) is 0.647. The van der Waals surface area contributed by atoms with Crippen LogP contribution < -0.4 is 10.6 Å². The molecule has 1 amide bonds. The smallest absolute Gasteiger partial charge is 0.224 e. The van der Waals surface area contributed by atoms with Gasteiger partial charge in [-0.05, 0) is 31.2 Å². The van der Waals surface area contributed by atoms with Gasteiger partial charge in [-0.25, -0.2) is 0 Å². The molecule has 0 saturated carbocycles. The normalized spacial score (nSPS) is 15.8. The Morgan fingerprint density at radius 1 is 1.38 bits per heavy atom. The van der Waals surface area contributed by atoms with Crippen LogP contribution in [0.1, 0.15) is 43.9 Å². The summed E-state index contributed by atoms with van der Waals surface area (Å²) in [6, 6.07) is 4.23. The molecule has 0 spiro atoms. The van der Waals surface area contributed by atoms with E-state index in [1.807, 2.05) is 4.90 Å². The van der Waals surface area contributed by atoms with E-state index >= 15 is 0 Å². The number of carbonyl (C=O) groups is 1. The van der Waals surface area contributed by atoms with Crippen LogP contribution in [0.4, 0.5) is 0 Å². The van der Waals surface area contributed by atoms with Crippen LogP contribution >= 0.6 is 35.3 Å². The minimum absolute atomic E-state index is 0. The van der Waals surface area contributed by atoms with E-state index in [1.54, 1.807) is 11.3 Å². The van der Waals surface area contributed by atoms with Crippen LogP contribution in [0.5, 0.6) is 0 Å². The lowest BCUT2D eigenvalue weighted by molar-refractivity contribution is -0.129. The number of hydrogen-bond donors (Lipinski definition) is 2. The molecular formula is C17H29IN4OS. The minimum Gasteiger partial charge on any atom is -0.357 e. The maximum absolute atomic E-state index is 12.0. The second-order valence-corrected chi connectivity index (χ2v) is 6.88. The van der Waals surface area contributed by atoms with E-state index in [0.29, 0.717) is 18.9 Å². The Labute approximate surface area is 166 Å². The van der Waals surface area contributed by atoms with Crippen LogP contribution in [-0.4, -0.2) is 49.5 Å². The summed E-state index contributed by atoms with van der Waals surface area (Å²) in [4.78, 5) is 20.0. The molecular weight excluding hydrogens is 435 g/mol. The number of likely N-dealkylation sites (tertiary alicyclic amines) is 1. The number of hydrogen-bond acceptors (Lipinski definition) is 3. The van der Waals surface area contributed by atoms with Gasteiger partial charge in [-0.3, -0.25) is 9.79 Å². The summed E-state index contributed by atoms with van der Waals surface area (Å²) in [6.45, 7) is 8.28. The highest BCUT2D eigenvalue weighted by Gasteiger charge is 2.17. The van der Waals surface area contributed by atoms with Crippen molar-refractivity contribution < 1.29 is 4.79 Å². The molecule has 1 aliphatic rings. The molecule has 2 heterocycles. The van der Waals surface area contributed by atoms with Crippen LogP contribution in [0.25, 0.3) is 0 Å². The number of rotatable bonds is 7. The Morgan fingerprint density at radius 2 is 2.12 bits per heavy atom. The van der Waals surface area contributed by atoms with E-state index in [-0.39, 0.29) is 29.9 Å². The lowest BCUT2D eigenvalue weighted by atomic mass is 10.1. The first kappa shape index (κ1) is 21.2. The Balaban J connectivity index is 0.00000288. The van der Waals surface area contributed by atoms with Crippen molar-refractivity contribution in [2.75, 3.05) is 32.7 Å². The summed E-state index contributed by atoms with van der Waals surface area (Å²) in [5, 5.41) is 8.61. The van der Waals surface area contributed by atoms with E-state index < -0.39 is 0 Å². The molecule has 1 atom stereocenters. The van der Waals surface area contributed by atoms with Gasteiger partial charge >= 0.3 is 0 Å². The van der Waals surface area contributed by atoms with E-state index in [0.717, 1.165) is 45.0 Å². The summed E-state index contributed by atoms with van der Waals surface area (Å²) in [5.41, 5.74) is 0. The highest BCUT2D eigenvalue weighted by molar-refractivity contribution is 14.0. The molecule has 1 saturated heterocycles. The summed E-state index contributed by atoms with van der Waals surface area (Å²) >= 11 is 1.77. The molecule has 0 aromatic carbocycles. The van der Waals surface area contributed by atoms with Gasteiger partial charge in [-0.2, -0.15) is 0 Å². The summed E-state index contributed by atoms with van der Waals surface area (Å²) in [5.74, 6) is 1.46. The topological polar surface area (TPSA) is 56.7 Å². The molecule has 0 bridgehead atoms. The van der Waals surface area contributed by atoms with Crippen molar-refractivity contribution in [1.29, 1.82) is 0 Å². The standard InChI is InChI=1S/C17H28N4OS.HI/c1-3-18-17(20-13-14(2)15-7-6-12-23-15)19-9-8-16(22)21-10-4-5-11-21;/h6-7,12,14H,3-5,8-11,13H2,1-2H3,(H2,18,19,20);1H. The van der Waals surface area contributed by atoms with Crippen LogP contribution in [0, 0.1) is 0 Å². The Kier molecular flexibility index (Phi) is 10.3. The van der Waals surface area contributed by atoms with Crippen molar-refractivity contribution in [2.45, 2.75) is 39.0 Å². The maximum Gasteiger partial charge on any atom is 0.224 e. The summed E-state index contributed by atoms with van der Waals surface area (Å²) in [7, 11) is 0. The zero-order valence-corrected chi connectivity index (χ0v) is 17.7. The predicted octanol–water partition coefficient (Wildman–Crippen LogP) is 3.04. The zero-order valence-electron chi connectivity index (χ0n) is 14.6. The van der Waals surface area contributed by atoms with Gasteiger partial charge in [0, 0.05) is 43.4 Å². The minimum atomic E-state index is 0. The third kappa shape index (κ3) is 6.96. The van der Waals surface area contributed by atoms with Gasteiger partial charge in [-0.15, -0.1) is 35.3 Å². The molecule has 5 nitrogen and oxygen atoms in total. The first-order valence-corrected chi connectivity index (χ1v) is 9.42.